The molecule has 0 aliphatic carbocycles. The second-order valence-electron chi connectivity index (χ2n) is 4.80. The summed E-state index contributed by atoms with van der Waals surface area (Å²) in [4.78, 5) is 13.3. The zero-order chi connectivity index (χ0) is 14.8. The molecule has 1 aromatic heterocycles. The predicted octanol–water partition coefficient (Wildman–Crippen LogP) is 2.89. The van der Waals surface area contributed by atoms with Gasteiger partial charge in [0.2, 0.25) is 5.91 Å². The van der Waals surface area contributed by atoms with Crippen LogP contribution in [-0.2, 0) is 11.3 Å². The van der Waals surface area contributed by atoms with Gasteiger partial charge in [-0.2, -0.15) is 0 Å². The molecule has 0 aromatic carbocycles. The van der Waals surface area contributed by atoms with Crippen LogP contribution < -0.4 is 11.1 Å². The fourth-order valence-electron chi connectivity index (χ4n) is 2.11. The average Bonchev–Trinajstić information content (AvgIpc) is 2.90. The fraction of sp³-hybridized carbons (Fsp3) is 0.562. The van der Waals surface area contributed by atoms with Gasteiger partial charge in [0.05, 0.1) is 13.1 Å². The van der Waals surface area contributed by atoms with Gasteiger partial charge in [-0.3, -0.25) is 4.79 Å². The summed E-state index contributed by atoms with van der Waals surface area (Å²) in [5.74, 6) is 6.16. The summed E-state index contributed by atoms with van der Waals surface area (Å²) in [6.45, 7) is 5.21. The van der Waals surface area contributed by atoms with Crippen molar-refractivity contribution in [3.8, 4) is 11.8 Å². The Labute approximate surface area is 126 Å². The Morgan fingerprint density at radius 1 is 1.40 bits per heavy atom. The average molecular weight is 292 g/mol. The first-order valence-electron chi connectivity index (χ1n) is 7.25. The summed E-state index contributed by atoms with van der Waals surface area (Å²) in [5, 5.41) is 5.04. The van der Waals surface area contributed by atoms with E-state index in [-0.39, 0.29) is 11.8 Å². The first kappa shape index (κ1) is 16.7. The van der Waals surface area contributed by atoms with Crippen molar-refractivity contribution < 1.29 is 4.79 Å². The van der Waals surface area contributed by atoms with E-state index in [2.05, 4.69) is 31.0 Å². The van der Waals surface area contributed by atoms with Crippen LogP contribution in [-0.4, -0.2) is 12.5 Å². The van der Waals surface area contributed by atoms with E-state index in [0.717, 1.165) is 36.1 Å². The van der Waals surface area contributed by atoms with Crippen LogP contribution in [0.15, 0.2) is 11.4 Å². The fourth-order valence-corrected chi connectivity index (χ4v) is 2.87. The summed E-state index contributed by atoms with van der Waals surface area (Å²) in [7, 11) is 0. The van der Waals surface area contributed by atoms with Crippen LogP contribution in [0.4, 0.5) is 0 Å². The molecule has 1 rings (SSSR count). The Balaban J connectivity index is 2.48. The van der Waals surface area contributed by atoms with Crippen molar-refractivity contribution >= 4 is 17.2 Å². The maximum atomic E-state index is 12.1. The molecule has 4 heteroatoms. The third-order valence-electron chi connectivity index (χ3n) is 3.07. The molecular weight excluding hydrogens is 268 g/mol. The van der Waals surface area contributed by atoms with Crippen LogP contribution >= 0.6 is 11.3 Å². The van der Waals surface area contributed by atoms with Crippen LogP contribution in [0, 0.1) is 17.8 Å². The summed E-state index contributed by atoms with van der Waals surface area (Å²) in [6.07, 6.45) is 4.04. The molecule has 0 aliphatic rings. The third kappa shape index (κ3) is 5.77. The van der Waals surface area contributed by atoms with Crippen molar-refractivity contribution in [3.63, 3.8) is 0 Å². The Morgan fingerprint density at radius 2 is 2.10 bits per heavy atom. The monoisotopic (exact) mass is 292 g/mol. The standard InChI is InChI=1S/C16H24N2OS/c1-3-6-14(7-4-2)16(19)18-11-15-10-13(12-20-15)8-5-9-17/h10,12,14H,3-4,6-7,9,11,17H2,1-2H3,(H,18,19). The van der Waals surface area contributed by atoms with Crippen molar-refractivity contribution in [2.24, 2.45) is 11.7 Å². The van der Waals surface area contributed by atoms with Crippen LogP contribution in [0.25, 0.3) is 0 Å². The van der Waals surface area contributed by atoms with Crippen molar-refractivity contribution in [3.05, 3.63) is 21.9 Å². The molecule has 1 amide bonds. The predicted molar refractivity (Wildman–Crippen MR) is 85.4 cm³/mol. The SMILES string of the molecule is CCCC(CCC)C(=O)NCc1cc(C#CCN)cs1. The van der Waals surface area contributed by atoms with Crippen LogP contribution in [0.1, 0.15) is 50.0 Å². The van der Waals surface area contributed by atoms with Gasteiger partial charge in [-0.25, -0.2) is 0 Å². The molecular formula is C16H24N2OS. The highest BCUT2D eigenvalue weighted by atomic mass is 32.1. The number of carbonyl (C=O) groups is 1. The van der Waals surface area contributed by atoms with Gasteiger partial charge in [0.1, 0.15) is 0 Å². The lowest BCUT2D eigenvalue weighted by atomic mass is 9.97. The quantitative estimate of drug-likeness (QED) is 0.759. The van der Waals surface area contributed by atoms with Gasteiger partial charge in [0.15, 0.2) is 0 Å². The number of hydrogen-bond acceptors (Lipinski definition) is 3. The second-order valence-corrected chi connectivity index (χ2v) is 5.80. The molecule has 1 heterocycles. The van der Waals surface area contributed by atoms with Gasteiger partial charge in [0.25, 0.3) is 0 Å². The first-order valence-corrected chi connectivity index (χ1v) is 8.13. The van der Waals surface area contributed by atoms with E-state index >= 15 is 0 Å². The number of amides is 1. The van der Waals surface area contributed by atoms with Gasteiger partial charge in [-0.05, 0) is 18.9 Å². The van der Waals surface area contributed by atoms with Crippen molar-refractivity contribution in [2.45, 2.75) is 46.1 Å². The molecule has 0 saturated heterocycles. The zero-order valence-electron chi connectivity index (χ0n) is 12.4. The minimum absolute atomic E-state index is 0.154. The highest BCUT2D eigenvalue weighted by molar-refractivity contribution is 7.10. The van der Waals surface area contributed by atoms with E-state index < -0.39 is 0 Å². The topological polar surface area (TPSA) is 55.1 Å². The van der Waals surface area contributed by atoms with E-state index in [1.165, 1.54) is 0 Å². The maximum absolute atomic E-state index is 12.1. The normalized spacial score (nSPS) is 10.2. The number of nitrogens with two attached hydrogens (primary N) is 1. The number of nitrogens with one attached hydrogen (secondary N) is 1. The van der Waals surface area contributed by atoms with Crippen molar-refractivity contribution in [1.82, 2.24) is 5.32 Å². The van der Waals surface area contributed by atoms with E-state index in [1.54, 1.807) is 11.3 Å². The Hall–Kier alpha value is -1.31. The molecule has 3 nitrogen and oxygen atoms in total. The van der Waals surface area contributed by atoms with Crippen LogP contribution in [0.2, 0.25) is 0 Å². The summed E-state index contributed by atoms with van der Waals surface area (Å²) >= 11 is 1.62. The van der Waals surface area contributed by atoms with Gasteiger partial charge in [0, 0.05) is 21.7 Å². The van der Waals surface area contributed by atoms with Crippen molar-refractivity contribution in [2.75, 3.05) is 6.54 Å². The number of hydrogen-bond donors (Lipinski definition) is 2. The van der Waals surface area contributed by atoms with E-state index in [0.29, 0.717) is 13.1 Å². The van der Waals surface area contributed by atoms with Crippen LogP contribution in [0.3, 0.4) is 0 Å². The lowest BCUT2D eigenvalue weighted by Gasteiger charge is -2.14. The molecule has 0 bridgehead atoms. The lowest BCUT2D eigenvalue weighted by molar-refractivity contribution is -0.125. The summed E-state index contributed by atoms with van der Waals surface area (Å²) in [5.41, 5.74) is 6.32. The molecule has 0 saturated carbocycles. The lowest BCUT2D eigenvalue weighted by Crippen LogP contribution is -2.30. The van der Waals surface area contributed by atoms with E-state index in [1.807, 2.05) is 11.4 Å². The zero-order valence-corrected chi connectivity index (χ0v) is 13.2. The molecule has 20 heavy (non-hydrogen) atoms. The number of thiophene rings is 1. The number of carbonyl (C=O) groups excluding carboxylic acids is 1. The van der Waals surface area contributed by atoms with Gasteiger partial charge in [-0.15, -0.1) is 11.3 Å². The van der Waals surface area contributed by atoms with Gasteiger partial charge < -0.3 is 11.1 Å². The molecule has 0 atom stereocenters. The largest absolute Gasteiger partial charge is 0.351 e. The molecule has 3 N–H and O–H groups in total. The minimum Gasteiger partial charge on any atom is -0.351 e. The third-order valence-corrected chi connectivity index (χ3v) is 4.01. The molecule has 0 fully saturated rings. The highest BCUT2D eigenvalue weighted by Gasteiger charge is 2.16. The van der Waals surface area contributed by atoms with Gasteiger partial charge >= 0.3 is 0 Å². The van der Waals surface area contributed by atoms with Crippen LogP contribution in [0.5, 0.6) is 0 Å². The number of rotatable bonds is 7. The Kier molecular flexibility index (Phi) is 8.01. The van der Waals surface area contributed by atoms with Crippen molar-refractivity contribution in [1.29, 1.82) is 0 Å². The maximum Gasteiger partial charge on any atom is 0.223 e. The Bertz CT molecular complexity index is 464. The summed E-state index contributed by atoms with van der Waals surface area (Å²) < 4.78 is 0. The minimum atomic E-state index is 0.154. The van der Waals surface area contributed by atoms with Gasteiger partial charge in [-0.1, -0.05) is 38.5 Å². The smallest absolute Gasteiger partial charge is 0.223 e. The molecule has 0 aliphatic heterocycles. The Morgan fingerprint density at radius 3 is 2.70 bits per heavy atom. The molecule has 0 radical (unpaired) electrons. The highest BCUT2D eigenvalue weighted by Crippen LogP contribution is 2.16. The molecule has 0 unspecified atom stereocenters. The molecule has 110 valence electrons. The van der Waals surface area contributed by atoms with E-state index in [9.17, 15) is 4.79 Å². The summed E-state index contributed by atoms with van der Waals surface area (Å²) in [6, 6.07) is 2.02. The first-order chi connectivity index (χ1) is 9.71. The van der Waals surface area contributed by atoms with E-state index in [4.69, 9.17) is 5.73 Å². The molecule has 1 aromatic rings. The molecule has 0 spiro atoms. The second kappa shape index (κ2) is 9.57.